The highest BCUT2D eigenvalue weighted by Crippen LogP contribution is 2.28. The summed E-state index contributed by atoms with van der Waals surface area (Å²) < 4.78 is 5.34. The quantitative estimate of drug-likeness (QED) is 0.644. The summed E-state index contributed by atoms with van der Waals surface area (Å²) in [5, 5.41) is 1.04. The number of rotatable bonds is 5. The molecule has 0 radical (unpaired) electrons. The minimum Gasteiger partial charge on any atom is -0.465 e. The summed E-state index contributed by atoms with van der Waals surface area (Å²) in [6.07, 6.45) is 3.81. The number of benzene rings is 1. The monoisotopic (exact) mass is 453 g/mol. The highest BCUT2D eigenvalue weighted by molar-refractivity contribution is 5.91. The van der Waals surface area contributed by atoms with Crippen molar-refractivity contribution in [2.45, 2.75) is 59.0 Å². The van der Waals surface area contributed by atoms with Gasteiger partial charge < -0.3 is 14.5 Å². The molecule has 8 heteroatoms. The van der Waals surface area contributed by atoms with E-state index in [1.807, 2.05) is 17.9 Å². The number of ether oxygens (including phenoxy) is 1. The van der Waals surface area contributed by atoms with Crippen LogP contribution in [0.2, 0.25) is 0 Å². The van der Waals surface area contributed by atoms with E-state index in [0.717, 1.165) is 80.0 Å². The van der Waals surface area contributed by atoms with Gasteiger partial charge in [-0.3, -0.25) is 14.5 Å². The van der Waals surface area contributed by atoms with Gasteiger partial charge >= 0.3 is 5.97 Å². The number of carbonyl (C=O) groups excluding carboxylic acids is 2. The van der Waals surface area contributed by atoms with Gasteiger partial charge in [-0.25, -0.2) is 9.97 Å². The summed E-state index contributed by atoms with van der Waals surface area (Å²) in [5.74, 6) is 1.63. The van der Waals surface area contributed by atoms with Crippen LogP contribution in [0.15, 0.2) is 18.2 Å². The molecule has 0 bridgehead atoms. The van der Waals surface area contributed by atoms with Crippen molar-refractivity contribution < 1.29 is 14.3 Å². The van der Waals surface area contributed by atoms with E-state index in [0.29, 0.717) is 19.7 Å². The molecule has 8 nitrogen and oxygen atoms in total. The molecule has 4 rings (SSSR count). The van der Waals surface area contributed by atoms with E-state index >= 15 is 0 Å². The Balaban J connectivity index is 1.66. The highest BCUT2D eigenvalue weighted by Gasteiger charge is 2.31. The summed E-state index contributed by atoms with van der Waals surface area (Å²) in [6, 6.07) is 5.97. The third kappa shape index (κ3) is 5.27. The maximum Gasteiger partial charge on any atom is 0.323 e. The lowest BCUT2D eigenvalue weighted by Gasteiger charge is -2.33. The average Bonchev–Trinajstić information content (AvgIpc) is 3.06. The molecule has 178 valence electrons. The van der Waals surface area contributed by atoms with Crippen LogP contribution in [0, 0.1) is 6.92 Å². The van der Waals surface area contributed by atoms with Gasteiger partial charge in [-0.05, 0) is 51.3 Å². The van der Waals surface area contributed by atoms with Crippen molar-refractivity contribution in [3.63, 3.8) is 0 Å². The number of anilines is 1. The van der Waals surface area contributed by atoms with Gasteiger partial charge in [-0.15, -0.1) is 0 Å². The Morgan fingerprint density at radius 2 is 1.91 bits per heavy atom. The van der Waals surface area contributed by atoms with Crippen molar-refractivity contribution >= 4 is 28.6 Å². The normalized spacial score (nSPS) is 20.0. The molecule has 1 aromatic heterocycles. The lowest BCUT2D eigenvalue weighted by atomic mass is 10.0. The Morgan fingerprint density at radius 1 is 1.06 bits per heavy atom. The van der Waals surface area contributed by atoms with E-state index in [-0.39, 0.29) is 17.9 Å². The number of esters is 1. The number of nitrogens with zero attached hydrogens (tertiary/aromatic N) is 5. The third-order valence-corrected chi connectivity index (χ3v) is 6.71. The van der Waals surface area contributed by atoms with Gasteiger partial charge in [0.2, 0.25) is 5.91 Å². The van der Waals surface area contributed by atoms with Crippen LogP contribution in [-0.4, -0.2) is 77.0 Å². The Kier molecular flexibility index (Phi) is 7.42. The summed E-state index contributed by atoms with van der Waals surface area (Å²) in [7, 11) is 0. The molecule has 1 aromatic carbocycles. The molecule has 3 heterocycles. The van der Waals surface area contributed by atoms with E-state index in [4.69, 9.17) is 14.7 Å². The second kappa shape index (κ2) is 10.5. The van der Waals surface area contributed by atoms with Gasteiger partial charge in [0.25, 0.3) is 0 Å². The van der Waals surface area contributed by atoms with Crippen LogP contribution in [0.1, 0.15) is 50.9 Å². The third-order valence-electron chi connectivity index (χ3n) is 6.71. The van der Waals surface area contributed by atoms with Crippen molar-refractivity contribution in [3.8, 4) is 0 Å². The van der Waals surface area contributed by atoms with Crippen LogP contribution in [-0.2, 0) is 20.9 Å². The first-order valence-electron chi connectivity index (χ1n) is 12.1. The number of aryl methyl sites for hydroxylation is 1. The standard InChI is InChI=1S/C25H35N5O3/c1-4-33-25(32)21-11-5-6-12-30(21)17-22-26-23-18(2)9-7-10-20(23)24(27-22)29-14-8-13-28(15-16-29)19(3)31/h7,9-10,21H,4-6,8,11-17H2,1-3H3/t21-/m0/s1. The van der Waals surface area contributed by atoms with Crippen LogP contribution in [0.5, 0.6) is 0 Å². The number of amides is 1. The first kappa shape index (κ1) is 23.4. The zero-order chi connectivity index (χ0) is 23.4. The number of likely N-dealkylation sites (tertiary alicyclic amines) is 1. The van der Waals surface area contributed by atoms with Gasteiger partial charge in [0.05, 0.1) is 18.7 Å². The number of aromatic nitrogens is 2. The Labute approximate surface area is 195 Å². The zero-order valence-electron chi connectivity index (χ0n) is 20.0. The molecule has 2 saturated heterocycles. The number of para-hydroxylation sites is 1. The van der Waals surface area contributed by atoms with Crippen LogP contribution in [0.3, 0.4) is 0 Å². The van der Waals surface area contributed by atoms with Crippen LogP contribution >= 0.6 is 0 Å². The highest BCUT2D eigenvalue weighted by atomic mass is 16.5. The molecule has 33 heavy (non-hydrogen) atoms. The molecule has 2 fully saturated rings. The number of fused-ring (bicyclic) bond motifs is 1. The molecule has 1 amide bonds. The zero-order valence-corrected chi connectivity index (χ0v) is 20.0. The van der Waals surface area contributed by atoms with E-state index < -0.39 is 0 Å². The smallest absolute Gasteiger partial charge is 0.323 e. The van der Waals surface area contributed by atoms with Crippen LogP contribution < -0.4 is 4.90 Å². The second-order valence-corrected chi connectivity index (χ2v) is 9.02. The first-order chi connectivity index (χ1) is 16.0. The molecular weight excluding hydrogens is 418 g/mol. The fraction of sp³-hybridized carbons (Fsp3) is 0.600. The minimum atomic E-state index is -0.236. The summed E-state index contributed by atoms with van der Waals surface area (Å²) in [6.45, 7) is 10.4. The van der Waals surface area contributed by atoms with Crippen LogP contribution in [0.4, 0.5) is 5.82 Å². The fourth-order valence-corrected chi connectivity index (χ4v) is 4.95. The number of hydrogen-bond donors (Lipinski definition) is 0. The van der Waals surface area contributed by atoms with Gasteiger partial charge in [-0.1, -0.05) is 18.6 Å². The maximum absolute atomic E-state index is 12.6. The molecule has 2 aliphatic heterocycles. The molecule has 0 saturated carbocycles. The van der Waals surface area contributed by atoms with E-state index in [2.05, 4.69) is 28.9 Å². The molecule has 0 unspecified atom stereocenters. The van der Waals surface area contributed by atoms with E-state index in [9.17, 15) is 9.59 Å². The summed E-state index contributed by atoms with van der Waals surface area (Å²) in [5.41, 5.74) is 2.06. The van der Waals surface area contributed by atoms with E-state index in [1.165, 1.54) is 0 Å². The predicted molar refractivity (Wildman–Crippen MR) is 128 cm³/mol. The molecule has 2 aromatic rings. The molecule has 0 spiro atoms. The maximum atomic E-state index is 12.6. The Bertz CT molecular complexity index is 1010. The Hall–Kier alpha value is -2.74. The lowest BCUT2D eigenvalue weighted by molar-refractivity contribution is -0.151. The number of hydrogen-bond acceptors (Lipinski definition) is 7. The predicted octanol–water partition coefficient (Wildman–Crippen LogP) is 2.91. The van der Waals surface area contributed by atoms with Crippen molar-refractivity contribution in [3.05, 3.63) is 29.6 Å². The second-order valence-electron chi connectivity index (χ2n) is 9.02. The first-order valence-corrected chi connectivity index (χ1v) is 12.1. The van der Waals surface area contributed by atoms with E-state index in [1.54, 1.807) is 6.92 Å². The average molecular weight is 454 g/mol. The lowest BCUT2D eigenvalue weighted by Crippen LogP contribution is -2.45. The molecule has 1 atom stereocenters. The minimum absolute atomic E-state index is 0.121. The SMILES string of the molecule is CCOC(=O)[C@@H]1CCCCN1Cc1nc(N2CCCN(C(C)=O)CC2)c2cccc(C)c2n1. The number of piperidine rings is 1. The van der Waals surface area contributed by atoms with Crippen molar-refractivity contribution in [2.75, 3.05) is 44.2 Å². The summed E-state index contributed by atoms with van der Waals surface area (Å²) in [4.78, 5) is 40.8. The molecule has 2 aliphatic rings. The van der Waals surface area contributed by atoms with Gasteiger partial charge in [-0.2, -0.15) is 0 Å². The van der Waals surface area contributed by atoms with Gasteiger partial charge in [0, 0.05) is 38.5 Å². The van der Waals surface area contributed by atoms with Crippen molar-refractivity contribution in [1.29, 1.82) is 0 Å². The van der Waals surface area contributed by atoms with Gasteiger partial charge in [0.15, 0.2) is 0 Å². The van der Waals surface area contributed by atoms with Crippen molar-refractivity contribution in [1.82, 2.24) is 19.8 Å². The molecule has 0 aliphatic carbocycles. The van der Waals surface area contributed by atoms with Crippen LogP contribution in [0.25, 0.3) is 10.9 Å². The van der Waals surface area contributed by atoms with Gasteiger partial charge in [0.1, 0.15) is 17.7 Å². The molecular formula is C25H35N5O3. The topological polar surface area (TPSA) is 78.9 Å². The fourth-order valence-electron chi connectivity index (χ4n) is 4.95. The Morgan fingerprint density at radius 3 is 2.70 bits per heavy atom. The number of carbonyl (C=O) groups is 2. The van der Waals surface area contributed by atoms with Crippen molar-refractivity contribution in [2.24, 2.45) is 0 Å². The molecule has 0 N–H and O–H groups in total. The summed E-state index contributed by atoms with van der Waals surface area (Å²) >= 11 is 0. The largest absolute Gasteiger partial charge is 0.465 e.